The number of benzene rings is 1. The lowest BCUT2D eigenvalue weighted by Gasteiger charge is -2.27. The van der Waals surface area contributed by atoms with Crippen LogP contribution in [0.3, 0.4) is 0 Å². The van der Waals surface area contributed by atoms with Gasteiger partial charge in [-0.3, -0.25) is 0 Å². The number of aryl methyl sites for hydroxylation is 1. The maximum absolute atomic E-state index is 12.6. The molecule has 7 heteroatoms. The van der Waals surface area contributed by atoms with E-state index in [4.69, 9.17) is 15.2 Å². The van der Waals surface area contributed by atoms with Crippen molar-refractivity contribution in [2.75, 3.05) is 6.61 Å². The molecular formula is C20H19N3O3S. The molecule has 0 spiro atoms. The maximum atomic E-state index is 12.6. The highest BCUT2D eigenvalue weighted by molar-refractivity contribution is 7.09. The summed E-state index contributed by atoms with van der Waals surface area (Å²) in [4.78, 5) is 17.1. The molecule has 0 saturated carbocycles. The third-order valence-corrected chi connectivity index (χ3v) is 5.01. The number of hydrogen-bond donors (Lipinski definition) is 1. The summed E-state index contributed by atoms with van der Waals surface area (Å²) in [6.07, 6.45) is 0. The summed E-state index contributed by atoms with van der Waals surface area (Å²) in [5, 5.41) is 12.6. The van der Waals surface area contributed by atoms with E-state index in [1.165, 1.54) is 0 Å². The molecule has 1 aliphatic heterocycles. The molecule has 0 amide bonds. The van der Waals surface area contributed by atoms with E-state index < -0.39 is 11.9 Å². The minimum Gasteiger partial charge on any atom is -0.463 e. The summed E-state index contributed by atoms with van der Waals surface area (Å²) in [6.45, 7) is 5.54. The zero-order valence-corrected chi connectivity index (χ0v) is 16.1. The van der Waals surface area contributed by atoms with Crippen LogP contribution in [0.4, 0.5) is 0 Å². The predicted molar refractivity (Wildman–Crippen MR) is 102 cm³/mol. The van der Waals surface area contributed by atoms with Crippen LogP contribution in [0.15, 0.2) is 52.4 Å². The molecule has 27 heavy (non-hydrogen) atoms. The normalized spacial score (nSPS) is 16.7. The Labute approximate surface area is 161 Å². The van der Waals surface area contributed by atoms with Crippen molar-refractivity contribution in [3.63, 3.8) is 0 Å². The van der Waals surface area contributed by atoms with Crippen LogP contribution in [0.1, 0.15) is 30.3 Å². The summed E-state index contributed by atoms with van der Waals surface area (Å²) >= 11 is 1.56. The third kappa shape index (κ3) is 3.57. The van der Waals surface area contributed by atoms with Gasteiger partial charge >= 0.3 is 5.97 Å². The monoisotopic (exact) mass is 381 g/mol. The van der Waals surface area contributed by atoms with Gasteiger partial charge in [0, 0.05) is 10.9 Å². The summed E-state index contributed by atoms with van der Waals surface area (Å²) in [5.41, 5.74) is 8.91. The molecule has 138 valence electrons. The van der Waals surface area contributed by atoms with Crippen molar-refractivity contribution in [3.05, 3.63) is 63.0 Å². The fraction of sp³-hybridized carbons (Fsp3) is 0.250. The lowest BCUT2D eigenvalue weighted by molar-refractivity contribution is -0.139. The van der Waals surface area contributed by atoms with Crippen LogP contribution in [-0.2, 0) is 14.3 Å². The van der Waals surface area contributed by atoms with E-state index in [2.05, 4.69) is 11.1 Å². The number of aromatic nitrogens is 1. The molecule has 0 bridgehead atoms. The standard InChI is InChI=1S/C20H19N3O3S/c1-4-25-20(24)17-11(2)26-19(22)15(9-21)18(17)14-7-5-6-13(8-14)16-10-27-12(3)23-16/h5-8,10,18H,4,22H2,1-3H3. The summed E-state index contributed by atoms with van der Waals surface area (Å²) in [6, 6.07) is 9.68. The second-order valence-electron chi connectivity index (χ2n) is 5.99. The molecule has 2 heterocycles. The molecule has 0 aliphatic carbocycles. The molecule has 6 nitrogen and oxygen atoms in total. The van der Waals surface area contributed by atoms with E-state index in [0.29, 0.717) is 5.76 Å². The van der Waals surface area contributed by atoms with Crippen molar-refractivity contribution in [2.24, 2.45) is 5.73 Å². The Morgan fingerprint density at radius 2 is 2.22 bits per heavy atom. The summed E-state index contributed by atoms with van der Waals surface area (Å²) < 4.78 is 10.6. The van der Waals surface area contributed by atoms with Gasteiger partial charge in [-0.25, -0.2) is 9.78 Å². The second kappa shape index (κ2) is 7.64. The van der Waals surface area contributed by atoms with Gasteiger partial charge in [0.1, 0.15) is 17.4 Å². The van der Waals surface area contributed by atoms with Gasteiger partial charge in [-0.2, -0.15) is 5.26 Å². The highest BCUT2D eigenvalue weighted by Crippen LogP contribution is 2.40. The zero-order valence-electron chi connectivity index (χ0n) is 15.3. The van der Waals surface area contributed by atoms with E-state index in [1.807, 2.05) is 36.6 Å². The lowest BCUT2D eigenvalue weighted by Crippen LogP contribution is -2.25. The second-order valence-corrected chi connectivity index (χ2v) is 7.05. The van der Waals surface area contributed by atoms with E-state index in [0.717, 1.165) is 21.8 Å². The predicted octanol–water partition coefficient (Wildman–Crippen LogP) is 3.76. The Bertz CT molecular complexity index is 998. The van der Waals surface area contributed by atoms with Gasteiger partial charge in [-0.05, 0) is 32.4 Å². The van der Waals surface area contributed by atoms with E-state index in [1.54, 1.807) is 25.2 Å². The first-order valence-electron chi connectivity index (χ1n) is 8.44. The van der Waals surface area contributed by atoms with Crippen molar-refractivity contribution in [2.45, 2.75) is 26.7 Å². The van der Waals surface area contributed by atoms with Gasteiger partial charge in [0.25, 0.3) is 0 Å². The Kier molecular flexibility index (Phi) is 5.28. The maximum Gasteiger partial charge on any atom is 0.338 e. The number of thiazole rings is 1. The first-order valence-corrected chi connectivity index (χ1v) is 9.32. The summed E-state index contributed by atoms with van der Waals surface area (Å²) in [5.74, 6) is -0.828. The Morgan fingerprint density at radius 3 is 2.85 bits per heavy atom. The smallest absolute Gasteiger partial charge is 0.338 e. The van der Waals surface area contributed by atoms with Gasteiger partial charge in [-0.15, -0.1) is 11.3 Å². The lowest BCUT2D eigenvalue weighted by atomic mass is 9.82. The molecule has 1 aromatic heterocycles. The quantitative estimate of drug-likeness (QED) is 0.810. The number of esters is 1. The van der Waals surface area contributed by atoms with Gasteiger partial charge in [-0.1, -0.05) is 18.2 Å². The number of nitriles is 1. The van der Waals surface area contributed by atoms with Crippen LogP contribution in [0, 0.1) is 18.3 Å². The first-order chi connectivity index (χ1) is 13.0. The van der Waals surface area contributed by atoms with Crippen molar-refractivity contribution in [1.82, 2.24) is 4.98 Å². The Balaban J connectivity index is 2.14. The molecule has 0 fully saturated rings. The minimum absolute atomic E-state index is 0.00274. The number of rotatable bonds is 4. The fourth-order valence-corrected chi connectivity index (χ4v) is 3.68. The molecule has 3 rings (SSSR count). The molecule has 1 atom stereocenters. The number of allylic oxidation sites excluding steroid dienone is 2. The van der Waals surface area contributed by atoms with Crippen LogP contribution < -0.4 is 5.73 Å². The van der Waals surface area contributed by atoms with Crippen LogP contribution >= 0.6 is 11.3 Å². The molecule has 1 aromatic carbocycles. The molecule has 1 unspecified atom stereocenters. The molecular weight excluding hydrogens is 362 g/mol. The van der Waals surface area contributed by atoms with Crippen LogP contribution in [0.25, 0.3) is 11.3 Å². The number of nitrogens with zero attached hydrogens (tertiary/aromatic N) is 2. The van der Waals surface area contributed by atoms with Crippen molar-refractivity contribution >= 4 is 17.3 Å². The molecule has 0 saturated heterocycles. The fourth-order valence-electron chi connectivity index (χ4n) is 3.06. The Morgan fingerprint density at radius 1 is 1.44 bits per heavy atom. The zero-order chi connectivity index (χ0) is 19.6. The molecule has 1 aliphatic rings. The topological polar surface area (TPSA) is 98.2 Å². The number of hydrogen-bond acceptors (Lipinski definition) is 7. The molecule has 2 aromatic rings. The average molecular weight is 381 g/mol. The van der Waals surface area contributed by atoms with Crippen LogP contribution in [0.5, 0.6) is 0 Å². The van der Waals surface area contributed by atoms with E-state index in [9.17, 15) is 10.1 Å². The number of ether oxygens (including phenoxy) is 2. The highest BCUT2D eigenvalue weighted by Gasteiger charge is 2.36. The van der Waals surface area contributed by atoms with Crippen molar-refractivity contribution in [3.8, 4) is 17.3 Å². The van der Waals surface area contributed by atoms with Crippen LogP contribution in [0.2, 0.25) is 0 Å². The molecule has 2 N–H and O–H groups in total. The Hall–Kier alpha value is -3.11. The van der Waals surface area contributed by atoms with E-state index >= 15 is 0 Å². The summed E-state index contributed by atoms with van der Waals surface area (Å²) in [7, 11) is 0. The van der Waals surface area contributed by atoms with Crippen molar-refractivity contribution in [1.29, 1.82) is 5.26 Å². The number of nitrogens with two attached hydrogens (primary N) is 1. The van der Waals surface area contributed by atoms with Crippen molar-refractivity contribution < 1.29 is 14.3 Å². The largest absolute Gasteiger partial charge is 0.463 e. The minimum atomic E-state index is -0.650. The van der Waals surface area contributed by atoms with Gasteiger partial charge in [0.15, 0.2) is 0 Å². The first kappa shape index (κ1) is 18.7. The number of carbonyl (C=O) groups excluding carboxylic acids is 1. The van der Waals surface area contributed by atoms with Gasteiger partial charge in [0.05, 0.1) is 28.8 Å². The highest BCUT2D eigenvalue weighted by atomic mass is 32.1. The molecule has 0 radical (unpaired) electrons. The van der Waals surface area contributed by atoms with E-state index in [-0.39, 0.29) is 23.6 Å². The van der Waals surface area contributed by atoms with Gasteiger partial charge < -0.3 is 15.2 Å². The van der Waals surface area contributed by atoms with Crippen LogP contribution in [-0.4, -0.2) is 17.6 Å². The average Bonchev–Trinajstić information content (AvgIpc) is 3.08. The van der Waals surface area contributed by atoms with Gasteiger partial charge in [0.2, 0.25) is 5.88 Å². The SMILES string of the molecule is CCOC(=O)C1=C(C)OC(N)=C(C#N)C1c1cccc(-c2csc(C)n2)c1. The third-order valence-electron chi connectivity index (χ3n) is 4.24. The number of carbonyl (C=O) groups is 1.